The lowest BCUT2D eigenvalue weighted by atomic mass is 10.2. The molecule has 1 aromatic carbocycles. The summed E-state index contributed by atoms with van der Waals surface area (Å²) in [6, 6.07) is 7.89. The average molecular weight is 391 g/mol. The van der Waals surface area contributed by atoms with E-state index in [1.165, 1.54) is 0 Å². The Hall–Kier alpha value is -0.980. The predicted molar refractivity (Wildman–Crippen MR) is 88.1 cm³/mol. The first kappa shape index (κ1) is 17.1. The molecule has 0 spiro atoms. The van der Waals surface area contributed by atoms with Gasteiger partial charge in [0, 0.05) is 17.2 Å². The van der Waals surface area contributed by atoms with Gasteiger partial charge in [0.05, 0.1) is 6.61 Å². The fourth-order valence-electron chi connectivity index (χ4n) is 1.48. The van der Waals surface area contributed by atoms with Gasteiger partial charge < -0.3 is 14.4 Å². The molecule has 0 saturated heterocycles. The van der Waals surface area contributed by atoms with Crippen molar-refractivity contribution in [1.29, 1.82) is 0 Å². The second kappa shape index (κ2) is 7.71. The summed E-state index contributed by atoms with van der Waals surface area (Å²) in [4.78, 5) is 13.3. The van der Waals surface area contributed by atoms with Crippen molar-refractivity contribution in [3.05, 3.63) is 27.8 Å². The van der Waals surface area contributed by atoms with Gasteiger partial charge in [-0.25, -0.2) is 4.79 Å². The molecule has 0 radical (unpaired) electrons. The summed E-state index contributed by atoms with van der Waals surface area (Å²) in [6.45, 7) is 6.77. The van der Waals surface area contributed by atoms with Gasteiger partial charge >= 0.3 is 6.09 Å². The monoisotopic (exact) mass is 391 g/mol. The maximum Gasteiger partial charge on any atom is 0.410 e. The summed E-state index contributed by atoms with van der Waals surface area (Å²) in [7, 11) is 1.74. The highest BCUT2D eigenvalue weighted by Gasteiger charge is 2.19. The van der Waals surface area contributed by atoms with E-state index in [1.54, 1.807) is 11.9 Å². The van der Waals surface area contributed by atoms with Crippen LogP contribution in [0.15, 0.2) is 24.3 Å². The van der Waals surface area contributed by atoms with E-state index in [2.05, 4.69) is 22.6 Å². The molecule has 4 nitrogen and oxygen atoms in total. The molecule has 0 aromatic heterocycles. The molecule has 1 rings (SSSR count). The van der Waals surface area contributed by atoms with Crippen LogP contribution in [-0.2, 0) is 4.74 Å². The van der Waals surface area contributed by atoms with Crippen molar-refractivity contribution in [1.82, 2.24) is 4.90 Å². The zero-order valence-electron chi connectivity index (χ0n) is 12.5. The third-order valence-electron chi connectivity index (χ3n) is 2.41. The van der Waals surface area contributed by atoms with Gasteiger partial charge in [-0.2, -0.15) is 0 Å². The summed E-state index contributed by atoms with van der Waals surface area (Å²) in [5.41, 5.74) is -0.456. The summed E-state index contributed by atoms with van der Waals surface area (Å²) >= 11 is 2.25. The lowest BCUT2D eigenvalue weighted by molar-refractivity contribution is 0.0292. The molecule has 112 valence electrons. The molecule has 0 N–H and O–H groups in total. The second-order valence-corrected chi connectivity index (χ2v) is 6.81. The van der Waals surface area contributed by atoms with Crippen molar-refractivity contribution in [3.63, 3.8) is 0 Å². The van der Waals surface area contributed by atoms with E-state index in [-0.39, 0.29) is 6.09 Å². The molecule has 0 unspecified atom stereocenters. The maximum atomic E-state index is 11.7. The number of hydrogen-bond acceptors (Lipinski definition) is 3. The van der Waals surface area contributed by atoms with Gasteiger partial charge in [0.15, 0.2) is 0 Å². The van der Waals surface area contributed by atoms with Crippen LogP contribution in [0.2, 0.25) is 0 Å². The third kappa shape index (κ3) is 6.98. The molecule has 0 saturated carbocycles. The van der Waals surface area contributed by atoms with E-state index in [4.69, 9.17) is 9.47 Å². The van der Waals surface area contributed by atoms with E-state index in [9.17, 15) is 4.79 Å². The smallest absolute Gasteiger partial charge is 0.410 e. The number of carbonyl (C=O) groups excluding carboxylic acids is 1. The van der Waals surface area contributed by atoms with Gasteiger partial charge in [0.1, 0.15) is 11.4 Å². The van der Waals surface area contributed by atoms with Crippen LogP contribution in [0.3, 0.4) is 0 Å². The predicted octanol–water partition coefficient (Wildman–Crippen LogP) is 3.93. The van der Waals surface area contributed by atoms with Crippen LogP contribution >= 0.6 is 22.6 Å². The van der Waals surface area contributed by atoms with E-state index < -0.39 is 5.60 Å². The number of halogens is 1. The number of nitrogens with zero attached hydrogens (tertiary/aromatic N) is 1. The van der Waals surface area contributed by atoms with Crippen LogP contribution in [0.1, 0.15) is 27.2 Å². The Morgan fingerprint density at radius 1 is 1.35 bits per heavy atom. The van der Waals surface area contributed by atoms with Crippen molar-refractivity contribution in [2.24, 2.45) is 0 Å². The topological polar surface area (TPSA) is 38.8 Å². The molecule has 1 aromatic rings. The Morgan fingerprint density at radius 3 is 2.65 bits per heavy atom. The zero-order valence-corrected chi connectivity index (χ0v) is 14.6. The molecule has 0 atom stereocenters. The van der Waals surface area contributed by atoms with E-state index in [1.807, 2.05) is 45.0 Å². The Bertz CT molecular complexity index is 443. The fourth-order valence-corrected chi connectivity index (χ4v) is 1.99. The first-order chi connectivity index (χ1) is 9.28. The van der Waals surface area contributed by atoms with Crippen LogP contribution in [-0.4, -0.2) is 36.8 Å². The summed E-state index contributed by atoms with van der Waals surface area (Å²) in [5, 5.41) is 0. The van der Waals surface area contributed by atoms with E-state index >= 15 is 0 Å². The quantitative estimate of drug-likeness (QED) is 0.564. The van der Waals surface area contributed by atoms with Gasteiger partial charge in [-0.05, 0) is 68.0 Å². The van der Waals surface area contributed by atoms with Crippen molar-refractivity contribution >= 4 is 28.7 Å². The Morgan fingerprint density at radius 2 is 2.05 bits per heavy atom. The van der Waals surface area contributed by atoms with Crippen molar-refractivity contribution < 1.29 is 14.3 Å². The van der Waals surface area contributed by atoms with Crippen LogP contribution in [0.5, 0.6) is 5.75 Å². The van der Waals surface area contributed by atoms with Gasteiger partial charge in [0.2, 0.25) is 0 Å². The van der Waals surface area contributed by atoms with Gasteiger partial charge in [-0.1, -0.05) is 6.07 Å². The first-order valence-corrected chi connectivity index (χ1v) is 7.68. The summed E-state index contributed by atoms with van der Waals surface area (Å²) in [6.07, 6.45) is 0.466. The Balaban J connectivity index is 2.25. The standard InChI is InChI=1S/C15H22INO3/c1-15(2,3)20-14(18)17(4)9-6-10-19-13-8-5-7-12(16)11-13/h5,7-8,11H,6,9-10H2,1-4H3. The molecular weight excluding hydrogens is 369 g/mol. The van der Waals surface area contributed by atoms with Crippen molar-refractivity contribution in [2.45, 2.75) is 32.8 Å². The molecule has 5 heteroatoms. The normalized spacial score (nSPS) is 11.1. The van der Waals surface area contributed by atoms with E-state index in [0.717, 1.165) is 15.7 Å². The van der Waals surface area contributed by atoms with Gasteiger partial charge in [-0.15, -0.1) is 0 Å². The van der Waals surface area contributed by atoms with Crippen LogP contribution in [0.4, 0.5) is 4.79 Å². The summed E-state index contributed by atoms with van der Waals surface area (Å²) < 4.78 is 12.1. The zero-order chi connectivity index (χ0) is 15.2. The number of hydrogen-bond donors (Lipinski definition) is 0. The highest BCUT2D eigenvalue weighted by atomic mass is 127. The lowest BCUT2D eigenvalue weighted by Crippen LogP contribution is -2.35. The number of rotatable bonds is 5. The minimum atomic E-state index is -0.456. The minimum Gasteiger partial charge on any atom is -0.493 e. The second-order valence-electron chi connectivity index (χ2n) is 5.56. The van der Waals surface area contributed by atoms with Gasteiger partial charge in [-0.3, -0.25) is 0 Å². The summed E-state index contributed by atoms with van der Waals surface area (Å²) in [5.74, 6) is 0.858. The largest absolute Gasteiger partial charge is 0.493 e. The minimum absolute atomic E-state index is 0.299. The molecular formula is C15H22INO3. The Kier molecular flexibility index (Phi) is 6.58. The molecule has 20 heavy (non-hydrogen) atoms. The number of carbonyl (C=O) groups is 1. The third-order valence-corrected chi connectivity index (χ3v) is 3.08. The van der Waals surface area contributed by atoms with Crippen molar-refractivity contribution in [3.8, 4) is 5.75 Å². The van der Waals surface area contributed by atoms with Crippen LogP contribution < -0.4 is 4.74 Å². The molecule has 0 fully saturated rings. The maximum absolute atomic E-state index is 11.7. The SMILES string of the molecule is CN(CCCOc1cccc(I)c1)C(=O)OC(C)(C)C. The lowest BCUT2D eigenvalue weighted by Gasteiger charge is -2.24. The van der Waals surface area contributed by atoms with Crippen molar-refractivity contribution in [2.75, 3.05) is 20.2 Å². The molecule has 0 heterocycles. The Labute approximate surface area is 134 Å². The van der Waals surface area contributed by atoms with Crippen LogP contribution in [0, 0.1) is 3.57 Å². The molecule has 0 aliphatic rings. The average Bonchev–Trinajstić information content (AvgIpc) is 2.32. The highest BCUT2D eigenvalue weighted by Crippen LogP contribution is 2.15. The number of amides is 1. The fraction of sp³-hybridized carbons (Fsp3) is 0.533. The number of benzene rings is 1. The van der Waals surface area contributed by atoms with E-state index in [0.29, 0.717) is 13.2 Å². The van der Waals surface area contributed by atoms with Gasteiger partial charge in [0.25, 0.3) is 0 Å². The first-order valence-electron chi connectivity index (χ1n) is 6.60. The van der Waals surface area contributed by atoms with Crippen LogP contribution in [0.25, 0.3) is 0 Å². The molecule has 0 aliphatic carbocycles. The highest BCUT2D eigenvalue weighted by molar-refractivity contribution is 14.1. The molecule has 1 amide bonds. The number of ether oxygens (including phenoxy) is 2. The molecule has 0 aliphatic heterocycles. The molecule has 0 bridgehead atoms.